The van der Waals surface area contributed by atoms with Crippen molar-refractivity contribution in [1.82, 2.24) is 4.98 Å². The summed E-state index contributed by atoms with van der Waals surface area (Å²) >= 11 is 0. The molecule has 0 aliphatic heterocycles. The third-order valence-corrected chi connectivity index (χ3v) is 3.44. The fourth-order valence-corrected chi connectivity index (χ4v) is 2.25. The Morgan fingerprint density at radius 1 is 0.870 bits per heavy atom. The Kier molecular flexibility index (Phi) is 3.98. The van der Waals surface area contributed by atoms with Crippen LogP contribution in [0.15, 0.2) is 52.9 Å². The Balaban J connectivity index is 2.08. The minimum absolute atomic E-state index is 0.0293. The lowest BCUT2D eigenvalue weighted by atomic mass is 10.1. The summed E-state index contributed by atoms with van der Waals surface area (Å²) in [6, 6.07) is 16.8. The van der Waals surface area contributed by atoms with Gasteiger partial charge in [0.1, 0.15) is 17.2 Å². The van der Waals surface area contributed by atoms with Crippen molar-refractivity contribution in [1.29, 1.82) is 5.26 Å². The number of hydrogen-bond acceptors (Lipinski definition) is 5. The fourth-order valence-electron chi connectivity index (χ4n) is 2.25. The molecule has 114 valence electrons. The first kappa shape index (κ1) is 14.7. The molecule has 1 heterocycles. The Labute approximate surface area is 133 Å². The van der Waals surface area contributed by atoms with Crippen LogP contribution in [0.1, 0.15) is 5.89 Å². The van der Waals surface area contributed by atoms with E-state index in [0.717, 1.165) is 22.6 Å². The molecule has 3 rings (SSSR count). The third kappa shape index (κ3) is 2.87. The number of oxazole rings is 1. The van der Waals surface area contributed by atoms with Gasteiger partial charge >= 0.3 is 5.89 Å². The monoisotopic (exact) mass is 306 g/mol. The molecule has 0 amide bonds. The van der Waals surface area contributed by atoms with Crippen LogP contribution in [0.25, 0.3) is 22.6 Å². The minimum atomic E-state index is 0.0293. The Morgan fingerprint density at radius 2 is 1.39 bits per heavy atom. The molecule has 3 aromatic rings. The first-order chi connectivity index (χ1) is 11.2. The Bertz CT molecular complexity index is 778. The summed E-state index contributed by atoms with van der Waals surface area (Å²) in [4.78, 5) is 4.27. The van der Waals surface area contributed by atoms with E-state index in [1.165, 1.54) is 0 Å². The number of aromatic nitrogens is 1. The summed E-state index contributed by atoms with van der Waals surface area (Å²) in [6.45, 7) is 0. The SMILES string of the molecule is COc1ccc(-c2nc(C#N)oc2-c2ccc(OC)cc2)cc1. The van der Waals surface area contributed by atoms with Crippen LogP contribution in [-0.4, -0.2) is 19.2 Å². The summed E-state index contributed by atoms with van der Waals surface area (Å²) < 4.78 is 15.9. The van der Waals surface area contributed by atoms with Gasteiger partial charge in [-0.1, -0.05) is 0 Å². The van der Waals surface area contributed by atoms with Crippen LogP contribution in [0.4, 0.5) is 0 Å². The zero-order valence-electron chi connectivity index (χ0n) is 12.7. The molecule has 0 unspecified atom stereocenters. The number of nitrogens with zero attached hydrogens (tertiary/aromatic N) is 2. The quantitative estimate of drug-likeness (QED) is 0.731. The number of rotatable bonds is 4. The number of ether oxygens (including phenoxy) is 2. The van der Waals surface area contributed by atoms with E-state index in [2.05, 4.69) is 4.98 Å². The Morgan fingerprint density at radius 3 is 1.87 bits per heavy atom. The van der Waals surface area contributed by atoms with Gasteiger partial charge in [-0.25, -0.2) is 0 Å². The van der Waals surface area contributed by atoms with Crippen LogP contribution in [0, 0.1) is 11.3 Å². The molecule has 5 heteroatoms. The van der Waals surface area contributed by atoms with Crippen molar-refractivity contribution in [2.24, 2.45) is 0 Å². The molecule has 0 fully saturated rings. The summed E-state index contributed by atoms with van der Waals surface area (Å²) in [7, 11) is 3.22. The van der Waals surface area contributed by atoms with Gasteiger partial charge in [-0.15, -0.1) is 0 Å². The molecule has 0 atom stereocenters. The van der Waals surface area contributed by atoms with Crippen LogP contribution in [0.5, 0.6) is 11.5 Å². The Hall–Kier alpha value is -3.26. The number of hydrogen-bond donors (Lipinski definition) is 0. The van der Waals surface area contributed by atoms with Crippen LogP contribution in [-0.2, 0) is 0 Å². The molecule has 2 aromatic carbocycles. The fraction of sp³-hybridized carbons (Fsp3) is 0.111. The number of nitriles is 1. The molecule has 23 heavy (non-hydrogen) atoms. The van der Waals surface area contributed by atoms with Gasteiger partial charge in [-0.3, -0.25) is 0 Å². The molecule has 0 saturated carbocycles. The number of benzene rings is 2. The van der Waals surface area contributed by atoms with E-state index < -0.39 is 0 Å². The molecular formula is C18H14N2O3. The predicted molar refractivity (Wildman–Crippen MR) is 85.2 cm³/mol. The van der Waals surface area contributed by atoms with E-state index in [1.807, 2.05) is 54.6 Å². The average molecular weight is 306 g/mol. The van der Waals surface area contributed by atoms with E-state index in [-0.39, 0.29) is 5.89 Å². The molecule has 0 N–H and O–H groups in total. The van der Waals surface area contributed by atoms with E-state index in [4.69, 9.17) is 19.2 Å². The second-order valence-corrected chi connectivity index (χ2v) is 4.77. The van der Waals surface area contributed by atoms with Crippen LogP contribution in [0.3, 0.4) is 0 Å². The minimum Gasteiger partial charge on any atom is -0.497 e. The first-order valence-corrected chi connectivity index (χ1v) is 6.95. The van der Waals surface area contributed by atoms with E-state index in [1.54, 1.807) is 14.2 Å². The van der Waals surface area contributed by atoms with Gasteiger partial charge in [0.2, 0.25) is 0 Å². The van der Waals surface area contributed by atoms with Gasteiger partial charge in [-0.2, -0.15) is 10.2 Å². The highest BCUT2D eigenvalue weighted by molar-refractivity contribution is 5.77. The smallest absolute Gasteiger partial charge is 0.301 e. The molecule has 0 aliphatic rings. The van der Waals surface area contributed by atoms with E-state index in [0.29, 0.717) is 11.5 Å². The largest absolute Gasteiger partial charge is 0.497 e. The van der Waals surface area contributed by atoms with Crippen molar-refractivity contribution in [2.45, 2.75) is 0 Å². The average Bonchev–Trinajstić information content (AvgIpc) is 3.06. The zero-order valence-corrected chi connectivity index (χ0v) is 12.7. The maximum atomic E-state index is 9.09. The van der Waals surface area contributed by atoms with E-state index in [9.17, 15) is 0 Å². The highest BCUT2D eigenvalue weighted by Crippen LogP contribution is 2.34. The molecule has 0 aliphatic carbocycles. The van der Waals surface area contributed by atoms with Gasteiger partial charge in [0.25, 0.3) is 0 Å². The molecule has 1 aromatic heterocycles. The van der Waals surface area contributed by atoms with Gasteiger partial charge in [0.15, 0.2) is 11.8 Å². The van der Waals surface area contributed by atoms with Crippen molar-refractivity contribution in [2.75, 3.05) is 14.2 Å². The van der Waals surface area contributed by atoms with Crippen LogP contribution >= 0.6 is 0 Å². The summed E-state index contributed by atoms with van der Waals surface area (Å²) in [5, 5.41) is 9.09. The summed E-state index contributed by atoms with van der Waals surface area (Å²) in [5.74, 6) is 2.08. The van der Waals surface area contributed by atoms with Crippen molar-refractivity contribution in [3.63, 3.8) is 0 Å². The lowest BCUT2D eigenvalue weighted by Gasteiger charge is -2.04. The van der Waals surface area contributed by atoms with Gasteiger partial charge < -0.3 is 13.9 Å². The predicted octanol–water partition coefficient (Wildman–Crippen LogP) is 3.90. The zero-order chi connectivity index (χ0) is 16.2. The van der Waals surface area contributed by atoms with Crippen molar-refractivity contribution >= 4 is 0 Å². The first-order valence-electron chi connectivity index (χ1n) is 6.95. The highest BCUT2D eigenvalue weighted by Gasteiger charge is 2.17. The van der Waals surface area contributed by atoms with Gasteiger partial charge in [-0.05, 0) is 48.5 Å². The standard InChI is InChI=1S/C18H14N2O3/c1-21-14-7-3-12(4-8-14)17-18(23-16(11-19)20-17)13-5-9-15(22-2)10-6-13/h3-10H,1-2H3. The maximum absolute atomic E-state index is 9.09. The molecule has 5 nitrogen and oxygen atoms in total. The maximum Gasteiger partial charge on any atom is 0.301 e. The number of methoxy groups -OCH3 is 2. The highest BCUT2D eigenvalue weighted by atomic mass is 16.5. The van der Waals surface area contributed by atoms with Gasteiger partial charge in [0.05, 0.1) is 14.2 Å². The molecular weight excluding hydrogens is 292 g/mol. The molecule has 0 bridgehead atoms. The van der Waals surface area contributed by atoms with Gasteiger partial charge in [0, 0.05) is 11.1 Å². The van der Waals surface area contributed by atoms with Crippen molar-refractivity contribution in [3.05, 3.63) is 54.4 Å². The van der Waals surface area contributed by atoms with Crippen molar-refractivity contribution < 1.29 is 13.9 Å². The third-order valence-electron chi connectivity index (χ3n) is 3.44. The van der Waals surface area contributed by atoms with Crippen LogP contribution in [0.2, 0.25) is 0 Å². The summed E-state index contributed by atoms with van der Waals surface area (Å²) in [5.41, 5.74) is 2.29. The second kappa shape index (κ2) is 6.24. The molecule has 0 saturated heterocycles. The summed E-state index contributed by atoms with van der Waals surface area (Å²) in [6.07, 6.45) is 0. The molecule has 0 radical (unpaired) electrons. The second-order valence-electron chi connectivity index (χ2n) is 4.77. The normalized spacial score (nSPS) is 10.1. The van der Waals surface area contributed by atoms with E-state index >= 15 is 0 Å². The van der Waals surface area contributed by atoms with Crippen molar-refractivity contribution in [3.8, 4) is 40.1 Å². The lowest BCUT2D eigenvalue weighted by molar-refractivity contribution is 0.414. The topological polar surface area (TPSA) is 68.3 Å². The molecule has 0 spiro atoms. The lowest BCUT2D eigenvalue weighted by Crippen LogP contribution is -1.86. The van der Waals surface area contributed by atoms with Crippen LogP contribution < -0.4 is 9.47 Å².